The van der Waals surface area contributed by atoms with Gasteiger partial charge in [0.15, 0.2) is 0 Å². The average molecular weight is 317 g/mol. The topological polar surface area (TPSA) is 144 Å². The molecular weight excluding hydrogens is 302 g/mol. The third-order valence-corrected chi connectivity index (χ3v) is 4.07. The van der Waals surface area contributed by atoms with Gasteiger partial charge in [-0.3, -0.25) is 9.59 Å². The monoisotopic (exact) mass is 317 g/mol. The molecule has 0 bridgehead atoms. The standard InChI is InChI=1S/C14H15N5O4/c15-11(14(22)23)9-8(10(9)13(20)21)6-19-17-12(16-18-19)7-4-2-1-3-5-7/h1-5,8-11H,6,15H2,(H,20,21)(H,22,23)/t8-,9+,10+,11+/m1/s1. The van der Waals surface area contributed by atoms with Crippen LogP contribution < -0.4 is 5.73 Å². The Balaban J connectivity index is 1.73. The van der Waals surface area contributed by atoms with Gasteiger partial charge in [-0.2, -0.15) is 4.80 Å². The Hall–Kier alpha value is -2.81. The zero-order chi connectivity index (χ0) is 16.6. The van der Waals surface area contributed by atoms with Gasteiger partial charge in [-0.25, -0.2) is 0 Å². The first-order valence-corrected chi connectivity index (χ1v) is 7.03. The van der Waals surface area contributed by atoms with E-state index in [1.807, 2.05) is 30.3 Å². The highest BCUT2D eigenvalue weighted by atomic mass is 16.4. The molecule has 2 aromatic rings. The summed E-state index contributed by atoms with van der Waals surface area (Å²) >= 11 is 0. The lowest BCUT2D eigenvalue weighted by Gasteiger charge is -2.04. The van der Waals surface area contributed by atoms with E-state index < -0.39 is 35.7 Å². The molecule has 0 radical (unpaired) electrons. The molecule has 4 atom stereocenters. The van der Waals surface area contributed by atoms with E-state index >= 15 is 0 Å². The molecule has 9 heteroatoms. The number of nitrogens with two attached hydrogens (primary N) is 1. The van der Waals surface area contributed by atoms with Crippen LogP contribution in [0.25, 0.3) is 11.4 Å². The molecule has 120 valence electrons. The second-order valence-electron chi connectivity index (χ2n) is 5.50. The summed E-state index contributed by atoms with van der Waals surface area (Å²) in [6.07, 6.45) is 0. The van der Waals surface area contributed by atoms with Crippen LogP contribution in [0.2, 0.25) is 0 Å². The number of carbonyl (C=O) groups is 2. The van der Waals surface area contributed by atoms with E-state index in [1.165, 1.54) is 4.80 Å². The average Bonchev–Trinajstić information content (AvgIpc) is 3.04. The Bertz CT molecular complexity index is 732. The molecule has 3 rings (SSSR count). The van der Waals surface area contributed by atoms with Gasteiger partial charge in [-0.15, -0.1) is 10.2 Å². The molecule has 1 fully saturated rings. The van der Waals surface area contributed by atoms with Crippen molar-refractivity contribution in [2.45, 2.75) is 12.6 Å². The second-order valence-corrected chi connectivity index (χ2v) is 5.50. The Kier molecular flexibility index (Phi) is 3.78. The van der Waals surface area contributed by atoms with Crippen LogP contribution in [-0.4, -0.2) is 48.4 Å². The Morgan fingerprint density at radius 1 is 1.26 bits per heavy atom. The van der Waals surface area contributed by atoms with Gasteiger partial charge in [0.2, 0.25) is 5.82 Å². The zero-order valence-corrected chi connectivity index (χ0v) is 12.0. The van der Waals surface area contributed by atoms with Gasteiger partial charge in [0.05, 0.1) is 12.5 Å². The van der Waals surface area contributed by atoms with Crippen LogP contribution in [0.4, 0.5) is 0 Å². The molecule has 1 heterocycles. The SMILES string of the molecule is N[C@H](C(=O)O)[C@H]1[C@@H](Cn2nnc(-c3ccccc3)n2)[C@@H]1C(=O)O. The number of nitrogens with zero attached hydrogens (tertiary/aromatic N) is 4. The van der Waals surface area contributed by atoms with Gasteiger partial charge >= 0.3 is 11.9 Å². The van der Waals surface area contributed by atoms with Gasteiger partial charge in [-0.1, -0.05) is 30.3 Å². The molecule has 1 aliphatic carbocycles. The number of hydrogen-bond acceptors (Lipinski definition) is 6. The molecule has 0 aliphatic heterocycles. The predicted molar refractivity (Wildman–Crippen MR) is 77.0 cm³/mol. The molecule has 9 nitrogen and oxygen atoms in total. The van der Waals surface area contributed by atoms with Crippen LogP contribution in [0.1, 0.15) is 0 Å². The highest BCUT2D eigenvalue weighted by molar-refractivity contribution is 5.80. The van der Waals surface area contributed by atoms with Gasteiger partial charge < -0.3 is 15.9 Å². The van der Waals surface area contributed by atoms with Crippen LogP contribution in [-0.2, 0) is 16.1 Å². The van der Waals surface area contributed by atoms with E-state index in [1.54, 1.807) is 0 Å². The third kappa shape index (κ3) is 2.90. The van der Waals surface area contributed by atoms with Crippen LogP contribution in [0, 0.1) is 17.8 Å². The number of carboxylic acids is 2. The maximum atomic E-state index is 11.2. The van der Waals surface area contributed by atoms with Crippen molar-refractivity contribution in [1.82, 2.24) is 20.2 Å². The van der Waals surface area contributed by atoms with Gasteiger partial charge in [0.1, 0.15) is 6.04 Å². The summed E-state index contributed by atoms with van der Waals surface area (Å²) in [5, 5.41) is 30.2. The Morgan fingerprint density at radius 3 is 2.57 bits per heavy atom. The van der Waals surface area contributed by atoms with E-state index in [-0.39, 0.29) is 6.54 Å². The minimum absolute atomic E-state index is 0.169. The summed E-state index contributed by atoms with van der Waals surface area (Å²) in [6, 6.07) is 8.02. The number of aliphatic carboxylic acids is 2. The minimum atomic E-state index is -1.21. The highest BCUT2D eigenvalue weighted by Crippen LogP contribution is 2.49. The summed E-state index contributed by atoms with van der Waals surface area (Å²) in [6.45, 7) is 0.169. The lowest BCUT2D eigenvalue weighted by molar-refractivity contribution is -0.140. The summed E-state index contributed by atoms with van der Waals surface area (Å²) in [7, 11) is 0. The van der Waals surface area contributed by atoms with Crippen LogP contribution in [0.5, 0.6) is 0 Å². The quantitative estimate of drug-likeness (QED) is 0.658. The minimum Gasteiger partial charge on any atom is -0.481 e. The Labute approximate surface area is 130 Å². The van der Waals surface area contributed by atoms with Crippen molar-refractivity contribution in [1.29, 1.82) is 0 Å². The van der Waals surface area contributed by atoms with Crippen molar-refractivity contribution in [2.24, 2.45) is 23.5 Å². The number of rotatable bonds is 6. The number of aromatic nitrogens is 4. The maximum Gasteiger partial charge on any atom is 0.320 e. The predicted octanol–water partition coefficient (Wildman–Crippen LogP) is -0.301. The van der Waals surface area contributed by atoms with E-state index in [4.69, 9.17) is 10.8 Å². The van der Waals surface area contributed by atoms with E-state index in [9.17, 15) is 14.7 Å². The number of tetrazole rings is 1. The number of benzene rings is 1. The van der Waals surface area contributed by atoms with Gasteiger partial charge in [-0.05, 0) is 11.1 Å². The molecule has 1 aromatic heterocycles. The molecule has 1 aliphatic rings. The van der Waals surface area contributed by atoms with Crippen LogP contribution in [0.3, 0.4) is 0 Å². The van der Waals surface area contributed by atoms with Crippen molar-refractivity contribution in [3.63, 3.8) is 0 Å². The summed E-state index contributed by atoms with van der Waals surface area (Å²) in [5.74, 6) is -3.68. The molecule has 23 heavy (non-hydrogen) atoms. The molecule has 0 saturated heterocycles. The Morgan fingerprint density at radius 2 is 1.96 bits per heavy atom. The molecule has 0 spiro atoms. The van der Waals surface area contributed by atoms with Crippen molar-refractivity contribution in [3.05, 3.63) is 30.3 Å². The smallest absolute Gasteiger partial charge is 0.320 e. The molecule has 1 aromatic carbocycles. The molecule has 0 unspecified atom stereocenters. The largest absolute Gasteiger partial charge is 0.481 e. The van der Waals surface area contributed by atoms with Crippen molar-refractivity contribution < 1.29 is 19.8 Å². The van der Waals surface area contributed by atoms with Crippen LogP contribution >= 0.6 is 0 Å². The van der Waals surface area contributed by atoms with Crippen molar-refractivity contribution in [3.8, 4) is 11.4 Å². The molecule has 4 N–H and O–H groups in total. The molecular formula is C14H15N5O4. The highest BCUT2D eigenvalue weighted by Gasteiger charge is 2.59. The number of hydrogen-bond donors (Lipinski definition) is 3. The zero-order valence-electron chi connectivity index (χ0n) is 12.0. The fourth-order valence-corrected chi connectivity index (χ4v) is 2.85. The summed E-state index contributed by atoms with van der Waals surface area (Å²) in [5.41, 5.74) is 6.36. The number of carboxylic acid groups (broad SMARTS) is 2. The fourth-order valence-electron chi connectivity index (χ4n) is 2.85. The lowest BCUT2D eigenvalue weighted by atomic mass is 10.1. The first kappa shape index (κ1) is 15.1. The maximum absolute atomic E-state index is 11.2. The summed E-state index contributed by atoms with van der Waals surface area (Å²) in [4.78, 5) is 23.5. The second kappa shape index (κ2) is 5.76. The van der Waals surface area contributed by atoms with E-state index in [2.05, 4.69) is 15.4 Å². The third-order valence-electron chi connectivity index (χ3n) is 4.07. The van der Waals surface area contributed by atoms with Crippen molar-refractivity contribution in [2.75, 3.05) is 0 Å². The first-order chi connectivity index (χ1) is 11.0. The molecule has 1 saturated carbocycles. The first-order valence-electron chi connectivity index (χ1n) is 7.03. The summed E-state index contributed by atoms with van der Waals surface area (Å²) < 4.78 is 0. The van der Waals surface area contributed by atoms with Crippen LogP contribution in [0.15, 0.2) is 30.3 Å². The van der Waals surface area contributed by atoms with E-state index in [0.717, 1.165) is 5.56 Å². The van der Waals surface area contributed by atoms with Gasteiger partial charge in [0, 0.05) is 11.5 Å². The van der Waals surface area contributed by atoms with Gasteiger partial charge in [0.25, 0.3) is 0 Å². The van der Waals surface area contributed by atoms with Crippen molar-refractivity contribution >= 4 is 11.9 Å². The van der Waals surface area contributed by atoms with E-state index in [0.29, 0.717) is 5.82 Å². The lowest BCUT2D eigenvalue weighted by Crippen LogP contribution is -2.34. The molecule has 0 amide bonds. The normalized spacial score (nSPS) is 24.1. The fraction of sp³-hybridized carbons (Fsp3) is 0.357.